The summed E-state index contributed by atoms with van der Waals surface area (Å²) in [5, 5.41) is 14.6. The van der Waals surface area contributed by atoms with E-state index in [0.29, 0.717) is 10.6 Å². The highest BCUT2D eigenvalue weighted by Crippen LogP contribution is 2.58. The Morgan fingerprint density at radius 2 is 1.77 bits per heavy atom. The lowest BCUT2D eigenvalue weighted by Crippen LogP contribution is -2.31. The number of nitro benzene ring substituents is 1. The Hall–Kier alpha value is -2.57. The lowest BCUT2D eigenvalue weighted by atomic mass is 9.77. The molecule has 4 nitrogen and oxygen atoms in total. The van der Waals surface area contributed by atoms with Gasteiger partial charge in [-0.15, -0.1) is 23.4 Å². The van der Waals surface area contributed by atoms with Gasteiger partial charge in [-0.2, -0.15) is 0 Å². The maximum Gasteiger partial charge on any atom is 0.282 e. The van der Waals surface area contributed by atoms with E-state index in [1.165, 1.54) is 23.9 Å². The van der Waals surface area contributed by atoms with Crippen LogP contribution >= 0.6 is 23.4 Å². The first-order valence-electron chi connectivity index (χ1n) is 10.2. The van der Waals surface area contributed by atoms with Gasteiger partial charge in [-0.1, -0.05) is 54.6 Å². The zero-order chi connectivity index (χ0) is 21.5. The number of rotatable bonds is 4. The van der Waals surface area contributed by atoms with E-state index in [-0.39, 0.29) is 44.9 Å². The van der Waals surface area contributed by atoms with Crippen LogP contribution in [-0.4, -0.2) is 15.6 Å². The number of nitro groups is 1. The number of anilines is 1. The molecule has 0 spiro atoms. The predicted octanol–water partition coefficient (Wildman–Crippen LogP) is 6.77. The molecule has 3 aromatic rings. The number of thioether (sulfide) groups is 1. The van der Waals surface area contributed by atoms with Crippen molar-refractivity contribution in [1.29, 1.82) is 0 Å². The standard InChI is InChI=1S/C24H20ClFN2O2S/c25-22-20(31-19-12-5-4-11-18(19)28(29)30)13-16-21(22)15-9-6-10-17(26)24(15)27-23(16)14-7-2-1-3-8-14/h1-12,16,20-23,27H,13H2/t16-,20+,21+,22+,23-/m0/s1. The predicted molar refractivity (Wildman–Crippen MR) is 122 cm³/mol. The first-order chi connectivity index (χ1) is 15.0. The van der Waals surface area contributed by atoms with Crippen molar-refractivity contribution in [3.8, 4) is 0 Å². The van der Waals surface area contributed by atoms with Crippen molar-refractivity contribution >= 4 is 34.7 Å². The topological polar surface area (TPSA) is 55.2 Å². The molecule has 1 heterocycles. The average molecular weight is 455 g/mol. The molecule has 5 rings (SSSR count). The summed E-state index contributed by atoms with van der Waals surface area (Å²) in [4.78, 5) is 11.7. The molecule has 0 radical (unpaired) electrons. The van der Waals surface area contributed by atoms with Gasteiger partial charge in [0.1, 0.15) is 5.82 Å². The Morgan fingerprint density at radius 3 is 2.55 bits per heavy atom. The second-order valence-corrected chi connectivity index (χ2v) is 9.77. The molecule has 1 fully saturated rings. The Morgan fingerprint density at radius 1 is 1.03 bits per heavy atom. The first kappa shape index (κ1) is 20.3. The summed E-state index contributed by atoms with van der Waals surface area (Å²) < 4.78 is 14.7. The summed E-state index contributed by atoms with van der Waals surface area (Å²) in [5.74, 6) is -0.172. The molecule has 5 atom stereocenters. The zero-order valence-corrected chi connectivity index (χ0v) is 18.0. The molecule has 0 amide bonds. The molecule has 7 heteroatoms. The van der Waals surface area contributed by atoms with Gasteiger partial charge < -0.3 is 5.32 Å². The Labute approximate surface area is 189 Å². The van der Waals surface area contributed by atoms with Crippen molar-refractivity contribution in [2.45, 2.75) is 33.9 Å². The van der Waals surface area contributed by atoms with Gasteiger partial charge in [-0.05, 0) is 35.6 Å². The molecular formula is C24H20ClFN2O2S. The van der Waals surface area contributed by atoms with E-state index in [4.69, 9.17) is 11.6 Å². The van der Waals surface area contributed by atoms with E-state index in [9.17, 15) is 14.5 Å². The number of halogens is 2. The van der Waals surface area contributed by atoms with Crippen LogP contribution in [0.5, 0.6) is 0 Å². The third-order valence-electron chi connectivity index (χ3n) is 6.30. The van der Waals surface area contributed by atoms with Crippen LogP contribution in [-0.2, 0) is 0 Å². The summed E-state index contributed by atoms with van der Waals surface area (Å²) in [5.41, 5.74) is 2.59. The van der Waals surface area contributed by atoms with Crippen LogP contribution in [0.1, 0.15) is 29.5 Å². The van der Waals surface area contributed by atoms with E-state index in [1.807, 2.05) is 36.4 Å². The molecule has 31 heavy (non-hydrogen) atoms. The fraction of sp³-hybridized carbons (Fsp3) is 0.250. The largest absolute Gasteiger partial charge is 0.375 e. The van der Waals surface area contributed by atoms with Crippen LogP contribution in [0, 0.1) is 21.8 Å². The number of fused-ring (bicyclic) bond motifs is 3. The third-order valence-corrected chi connectivity index (χ3v) is 8.41. The molecule has 0 aromatic heterocycles. The SMILES string of the molecule is O=[N+]([O-])c1ccccc1S[C@@H]1C[C@H]2[C@@H](c3cccc(F)c3N[C@H]2c2ccccc2)[C@@H]1Cl. The number of hydrogen-bond acceptors (Lipinski definition) is 4. The van der Waals surface area contributed by atoms with Gasteiger partial charge >= 0.3 is 0 Å². The summed E-state index contributed by atoms with van der Waals surface area (Å²) >= 11 is 8.49. The maximum absolute atomic E-state index is 14.7. The fourth-order valence-electron chi connectivity index (χ4n) is 4.97. The lowest BCUT2D eigenvalue weighted by molar-refractivity contribution is -0.387. The van der Waals surface area contributed by atoms with Gasteiger partial charge in [0.25, 0.3) is 5.69 Å². The Balaban J connectivity index is 1.54. The number of nitrogens with one attached hydrogen (secondary N) is 1. The molecule has 158 valence electrons. The highest BCUT2D eigenvalue weighted by Gasteiger charge is 2.50. The third kappa shape index (κ3) is 3.58. The van der Waals surface area contributed by atoms with E-state index in [0.717, 1.165) is 17.5 Å². The monoisotopic (exact) mass is 454 g/mol. The summed E-state index contributed by atoms with van der Waals surface area (Å²) in [6.07, 6.45) is 0.776. The number of alkyl halides is 1. The van der Waals surface area contributed by atoms with Crippen LogP contribution in [0.3, 0.4) is 0 Å². The summed E-state index contributed by atoms with van der Waals surface area (Å²) in [7, 11) is 0. The maximum atomic E-state index is 14.7. The van der Waals surface area contributed by atoms with Crippen LogP contribution in [0.25, 0.3) is 0 Å². The van der Waals surface area contributed by atoms with Gasteiger partial charge in [-0.25, -0.2) is 4.39 Å². The second-order valence-electron chi connectivity index (χ2n) is 7.99. The van der Waals surface area contributed by atoms with E-state index >= 15 is 0 Å². The first-order valence-corrected chi connectivity index (χ1v) is 11.5. The average Bonchev–Trinajstić information content (AvgIpc) is 3.11. The quantitative estimate of drug-likeness (QED) is 0.268. The molecule has 1 aliphatic carbocycles. The second kappa shape index (κ2) is 8.17. The van der Waals surface area contributed by atoms with Crippen molar-refractivity contribution in [1.82, 2.24) is 0 Å². The van der Waals surface area contributed by atoms with Crippen molar-refractivity contribution in [2.24, 2.45) is 5.92 Å². The summed E-state index contributed by atoms with van der Waals surface area (Å²) in [6, 6.07) is 21.8. The Bertz CT molecular complexity index is 1130. The van der Waals surface area contributed by atoms with Gasteiger partial charge in [0.05, 0.1) is 26.9 Å². The van der Waals surface area contributed by atoms with Crippen molar-refractivity contribution in [3.05, 3.63) is 99.9 Å². The minimum Gasteiger partial charge on any atom is -0.375 e. The van der Waals surface area contributed by atoms with Crippen molar-refractivity contribution < 1.29 is 9.31 Å². The molecule has 1 aliphatic heterocycles. The highest BCUT2D eigenvalue weighted by atomic mass is 35.5. The van der Waals surface area contributed by atoms with Crippen molar-refractivity contribution in [2.75, 3.05) is 5.32 Å². The van der Waals surface area contributed by atoms with Gasteiger partial charge in [-0.3, -0.25) is 10.1 Å². The van der Waals surface area contributed by atoms with Crippen LogP contribution in [0.15, 0.2) is 77.7 Å². The number of nitrogens with zero attached hydrogens (tertiary/aromatic N) is 1. The minimum absolute atomic E-state index is 0.0278. The number of benzene rings is 3. The number of para-hydroxylation sites is 2. The smallest absolute Gasteiger partial charge is 0.282 e. The summed E-state index contributed by atoms with van der Waals surface area (Å²) in [6.45, 7) is 0. The lowest BCUT2D eigenvalue weighted by Gasteiger charge is -2.38. The highest BCUT2D eigenvalue weighted by molar-refractivity contribution is 8.00. The van der Waals surface area contributed by atoms with Crippen molar-refractivity contribution in [3.63, 3.8) is 0 Å². The molecule has 0 bridgehead atoms. The zero-order valence-electron chi connectivity index (χ0n) is 16.4. The van der Waals surface area contributed by atoms with Gasteiger partial charge in [0, 0.05) is 17.2 Å². The molecular weight excluding hydrogens is 435 g/mol. The van der Waals surface area contributed by atoms with E-state index in [1.54, 1.807) is 24.3 Å². The molecule has 0 unspecified atom stereocenters. The molecule has 1 saturated carbocycles. The normalized spacial score (nSPS) is 26.6. The van der Waals surface area contributed by atoms with E-state index in [2.05, 4.69) is 5.32 Å². The fourth-order valence-corrected chi connectivity index (χ4v) is 6.91. The number of hydrogen-bond donors (Lipinski definition) is 1. The Kier molecular flexibility index (Phi) is 5.36. The molecule has 2 aliphatic rings. The van der Waals surface area contributed by atoms with Gasteiger partial charge in [0.2, 0.25) is 0 Å². The molecule has 0 saturated heterocycles. The molecule has 1 N–H and O–H groups in total. The minimum atomic E-state index is -0.355. The molecule has 3 aromatic carbocycles. The van der Waals surface area contributed by atoms with Gasteiger partial charge in [0.15, 0.2) is 0 Å². The van der Waals surface area contributed by atoms with Crippen LogP contribution < -0.4 is 5.32 Å². The van der Waals surface area contributed by atoms with Crippen LogP contribution in [0.2, 0.25) is 0 Å². The van der Waals surface area contributed by atoms with E-state index < -0.39 is 0 Å². The van der Waals surface area contributed by atoms with Crippen LogP contribution in [0.4, 0.5) is 15.8 Å².